The number of hydrogen-bond donors (Lipinski definition) is 2. The summed E-state index contributed by atoms with van der Waals surface area (Å²) in [4.78, 5) is 22.3. The van der Waals surface area contributed by atoms with E-state index >= 15 is 0 Å². The van der Waals surface area contributed by atoms with Crippen LogP contribution in [0.2, 0.25) is 0 Å². The van der Waals surface area contributed by atoms with Crippen molar-refractivity contribution in [2.75, 3.05) is 11.1 Å². The first-order chi connectivity index (χ1) is 9.95. The van der Waals surface area contributed by atoms with Crippen LogP contribution in [0, 0.1) is 0 Å². The van der Waals surface area contributed by atoms with Gasteiger partial charge in [-0.15, -0.1) is 0 Å². The van der Waals surface area contributed by atoms with E-state index in [1.165, 1.54) is 13.8 Å². The summed E-state index contributed by atoms with van der Waals surface area (Å²) in [6.45, 7) is 2.92. The van der Waals surface area contributed by atoms with Crippen LogP contribution >= 0.6 is 0 Å². The van der Waals surface area contributed by atoms with Gasteiger partial charge in [0, 0.05) is 18.6 Å². The second kappa shape index (κ2) is 6.09. The zero-order valence-corrected chi connectivity index (χ0v) is 11.8. The van der Waals surface area contributed by atoms with Gasteiger partial charge in [0.1, 0.15) is 11.5 Å². The van der Waals surface area contributed by atoms with Gasteiger partial charge in [0.05, 0.1) is 11.4 Å². The Balaban J connectivity index is 2.19. The summed E-state index contributed by atoms with van der Waals surface area (Å²) in [6, 6.07) is 11.8. The summed E-state index contributed by atoms with van der Waals surface area (Å²) >= 11 is 0. The number of carbonyl (C=O) groups excluding carboxylic acids is 2. The molecule has 2 aromatic rings. The number of nitrogen functional groups attached to an aromatic ring is 1. The molecule has 0 aromatic heterocycles. The molecule has 0 heterocycles. The average molecular weight is 284 g/mol. The number of Topliss-reactive ketones (excluding diaryl/α,β-unsaturated/α-hetero) is 1. The number of carbonyl (C=O) groups is 2. The highest BCUT2D eigenvalue weighted by Gasteiger charge is 2.05. The zero-order valence-electron chi connectivity index (χ0n) is 11.8. The molecule has 3 N–H and O–H groups in total. The largest absolute Gasteiger partial charge is 0.457 e. The number of rotatable bonds is 4. The molecule has 21 heavy (non-hydrogen) atoms. The van der Waals surface area contributed by atoms with Gasteiger partial charge in [-0.3, -0.25) is 9.59 Å². The van der Waals surface area contributed by atoms with Crippen molar-refractivity contribution in [3.8, 4) is 11.5 Å². The second-order valence-corrected chi connectivity index (χ2v) is 4.61. The van der Waals surface area contributed by atoms with E-state index < -0.39 is 0 Å². The number of nitrogens with one attached hydrogen (secondary N) is 1. The van der Waals surface area contributed by atoms with Crippen LogP contribution in [0.1, 0.15) is 24.2 Å². The maximum atomic E-state index is 11.2. The van der Waals surface area contributed by atoms with Crippen LogP contribution in [0.5, 0.6) is 11.5 Å². The van der Waals surface area contributed by atoms with Gasteiger partial charge < -0.3 is 15.8 Å². The number of ether oxygens (including phenoxy) is 1. The maximum absolute atomic E-state index is 11.2. The van der Waals surface area contributed by atoms with Crippen molar-refractivity contribution in [2.45, 2.75) is 13.8 Å². The normalized spacial score (nSPS) is 10.0. The van der Waals surface area contributed by atoms with E-state index in [1.54, 1.807) is 42.5 Å². The van der Waals surface area contributed by atoms with Gasteiger partial charge in [-0.05, 0) is 43.3 Å². The summed E-state index contributed by atoms with van der Waals surface area (Å²) < 4.78 is 5.67. The van der Waals surface area contributed by atoms with Crippen molar-refractivity contribution in [1.29, 1.82) is 0 Å². The first-order valence-electron chi connectivity index (χ1n) is 6.41. The fraction of sp³-hybridized carbons (Fsp3) is 0.125. The minimum absolute atomic E-state index is 0.00183. The van der Waals surface area contributed by atoms with E-state index in [0.29, 0.717) is 28.4 Å². The molecule has 5 nitrogen and oxygen atoms in total. The monoisotopic (exact) mass is 284 g/mol. The van der Waals surface area contributed by atoms with E-state index in [9.17, 15) is 9.59 Å². The lowest BCUT2D eigenvalue weighted by Gasteiger charge is -2.10. The smallest absolute Gasteiger partial charge is 0.221 e. The highest BCUT2D eigenvalue weighted by Crippen LogP contribution is 2.28. The molecule has 0 bridgehead atoms. The molecular formula is C16H16N2O3. The molecule has 0 atom stereocenters. The molecule has 0 aliphatic carbocycles. The van der Waals surface area contributed by atoms with Crippen molar-refractivity contribution in [1.82, 2.24) is 0 Å². The Labute approximate surface area is 122 Å². The Morgan fingerprint density at radius 1 is 1.00 bits per heavy atom. The van der Waals surface area contributed by atoms with Crippen LogP contribution in [0.15, 0.2) is 42.5 Å². The molecule has 0 aliphatic rings. The minimum atomic E-state index is -0.204. The van der Waals surface area contributed by atoms with Crippen molar-refractivity contribution in [2.24, 2.45) is 0 Å². The van der Waals surface area contributed by atoms with Gasteiger partial charge in [-0.25, -0.2) is 0 Å². The third-order valence-corrected chi connectivity index (χ3v) is 2.83. The molecule has 0 radical (unpaired) electrons. The van der Waals surface area contributed by atoms with Crippen LogP contribution in [0.25, 0.3) is 0 Å². The molecule has 0 unspecified atom stereocenters. The second-order valence-electron chi connectivity index (χ2n) is 4.61. The van der Waals surface area contributed by atoms with E-state index in [-0.39, 0.29) is 11.7 Å². The lowest BCUT2D eigenvalue weighted by molar-refractivity contribution is -0.114. The Morgan fingerprint density at radius 2 is 1.62 bits per heavy atom. The molecule has 2 rings (SSSR count). The highest BCUT2D eigenvalue weighted by atomic mass is 16.5. The number of anilines is 2. The third-order valence-electron chi connectivity index (χ3n) is 2.83. The van der Waals surface area contributed by atoms with Gasteiger partial charge >= 0.3 is 0 Å². The van der Waals surface area contributed by atoms with Gasteiger partial charge in [0.25, 0.3) is 0 Å². The molecule has 0 aliphatic heterocycles. The number of benzene rings is 2. The SMILES string of the molecule is CC(=O)Nc1cc(Oc2ccc(C(C)=O)cc2)ccc1N. The molecule has 2 aromatic carbocycles. The Kier molecular flexibility index (Phi) is 4.23. The Hall–Kier alpha value is -2.82. The van der Waals surface area contributed by atoms with Crippen LogP contribution < -0.4 is 15.8 Å². The van der Waals surface area contributed by atoms with Gasteiger partial charge in [0.15, 0.2) is 5.78 Å². The number of hydrogen-bond acceptors (Lipinski definition) is 4. The van der Waals surface area contributed by atoms with Crippen LogP contribution in [-0.4, -0.2) is 11.7 Å². The summed E-state index contributed by atoms with van der Waals surface area (Å²) in [6.07, 6.45) is 0. The molecule has 1 amide bonds. The molecule has 0 saturated heterocycles. The summed E-state index contributed by atoms with van der Waals surface area (Å²) in [5.74, 6) is 0.939. The molecule has 108 valence electrons. The van der Waals surface area contributed by atoms with Crippen LogP contribution in [0.4, 0.5) is 11.4 Å². The van der Waals surface area contributed by atoms with E-state index in [4.69, 9.17) is 10.5 Å². The van der Waals surface area contributed by atoms with Crippen molar-refractivity contribution < 1.29 is 14.3 Å². The Morgan fingerprint density at radius 3 is 2.19 bits per heavy atom. The van der Waals surface area contributed by atoms with E-state index in [0.717, 1.165) is 0 Å². The predicted octanol–water partition coefficient (Wildman–Crippen LogP) is 3.22. The van der Waals surface area contributed by atoms with Gasteiger partial charge in [0.2, 0.25) is 5.91 Å². The maximum Gasteiger partial charge on any atom is 0.221 e. The van der Waals surface area contributed by atoms with Crippen molar-refractivity contribution >= 4 is 23.1 Å². The molecule has 0 spiro atoms. The summed E-state index contributed by atoms with van der Waals surface area (Å²) in [5, 5.41) is 2.63. The highest BCUT2D eigenvalue weighted by molar-refractivity contribution is 5.94. The van der Waals surface area contributed by atoms with Gasteiger partial charge in [-0.1, -0.05) is 0 Å². The Bertz CT molecular complexity index is 678. The fourth-order valence-corrected chi connectivity index (χ4v) is 1.79. The van der Waals surface area contributed by atoms with E-state index in [1.807, 2.05) is 0 Å². The summed E-state index contributed by atoms with van der Waals surface area (Å²) in [5.41, 5.74) is 7.36. The lowest BCUT2D eigenvalue weighted by Crippen LogP contribution is -2.08. The standard InChI is InChI=1S/C16H16N2O3/c1-10(19)12-3-5-13(6-4-12)21-14-7-8-15(17)16(9-14)18-11(2)20/h3-9H,17H2,1-2H3,(H,18,20). The lowest BCUT2D eigenvalue weighted by atomic mass is 10.1. The van der Waals surface area contributed by atoms with Crippen LogP contribution in [-0.2, 0) is 4.79 Å². The van der Waals surface area contributed by atoms with Crippen molar-refractivity contribution in [3.05, 3.63) is 48.0 Å². The molecular weight excluding hydrogens is 268 g/mol. The number of amides is 1. The quantitative estimate of drug-likeness (QED) is 0.667. The fourth-order valence-electron chi connectivity index (χ4n) is 1.79. The molecule has 0 saturated carbocycles. The van der Waals surface area contributed by atoms with Crippen LogP contribution in [0.3, 0.4) is 0 Å². The zero-order chi connectivity index (χ0) is 15.4. The number of ketones is 1. The first kappa shape index (κ1) is 14.6. The minimum Gasteiger partial charge on any atom is -0.457 e. The topological polar surface area (TPSA) is 81.4 Å². The predicted molar refractivity (Wildman–Crippen MR) is 81.7 cm³/mol. The number of nitrogens with two attached hydrogens (primary N) is 1. The van der Waals surface area contributed by atoms with Crippen molar-refractivity contribution in [3.63, 3.8) is 0 Å². The molecule has 5 heteroatoms. The first-order valence-corrected chi connectivity index (χ1v) is 6.41. The third kappa shape index (κ3) is 3.82. The van der Waals surface area contributed by atoms with E-state index in [2.05, 4.69) is 5.32 Å². The average Bonchev–Trinajstić information content (AvgIpc) is 2.42. The van der Waals surface area contributed by atoms with Gasteiger partial charge in [-0.2, -0.15) is 0 Å². The molecule has 0 fully saturated rings. The summed E-state index contributed by atoms with van der Waals surface area (Å²) in [7, 11) is 0.